The summed E-state index contributed by atoms with van der Waals surface area (Å²) >= 11 is 0. The first-order valence-corrected chi connectivity index (χ1v) is 6.16. The van der Waals surface area contributed by atoms with Crippen molar-refractivity contribution in [1.29, 1.82) is 0 Å². The number of hydrogen-bond acceptors (Lipinski definition) is 2. The van der Waals surface area contributed by atoms with Crippen LogP contribution in [-0.2, 0) is 0 Å². The minimum absolute atomic E-state index is 0.135. The standard InChI is InChI=1S/C15H15FN2O2/c1-10(11-2-4-12(16)5-3-11)17-15(20)18-13-6-8-14(19)9-7-13/h2-10,19H,1H3,(H2,17,18,20). The van der Waals surface area contributed by atoms with Crippen LogP contribution >= 0.6 is 0 Å². The van der Waals surface area contributed by atoms with Gasteiger partial charge in [-0.25, -0.2) is 9.18 Å². The SMILES string of the molecule is CC(NC(=O)Nc1ccc(O)cc1)c1ccc(F)cc1. The Hall–Kier alpha value is -2.56. The fourth-order valence-corrected chi connectivity index (χ4v) is 1.74. The molecule has 0 aromatic heterocycles. The molecule has 0 aliphatic heterocycles. The van der Waals surface area contributed by atoms with E-state index in [1.165, 1.54) is 24.3 Å². The summed E-state index contributed by atoms with van der Waals surface area (Å²) in [5, 5.41) is 14.5. The molecule has 0 aliphatic carbocycles. The predicted octanol–water partition coefficient (Wildman–Crippen LogP) is 3.41. The molecular weight excluding hydrogens is 259 g/mol. The molecule has 2 aromatic rings. The van der Waals surface area contributed by atoms with Crippen LogP contribution in [0.2, 0.25) is 0 Å². The molecule has 4 nitrogen and oxygen atoms in total. The van der Waals surface area contributed by atoms with E-state index in [-0.39, 0.29) is 23.6 Å². The van der Waals surface area contributed by atoms with Gasteiger partial charge in [0.15, 0.2) is 0 Å². The molecule has 2 aromatic carbocycles. The van der Waals surface area contributed by atoms with Crippen molar-refractivity contribution in [3.05, 3.63) is 59.9 Å². The molecule has 20 heavy (non-hydrogen) atoms. The Morgan fingerprint density at radius 2 is 1.70 bits per heavy atom. The molecule has 0 heterocycles. The third-order valence-electron chi connectivity index (χ3n) is 2.84. The zero-order chi connectivity index (χ0) is 14.5. The number of phenols is 1. The van der Waals surface area contributed by atoms with Gasteiger partial charge in [-0.05, 0) is 48.9 Å². The Balaban J connectivity index is 1.93. The second kappa shape index (κ2) is 6.06. The van der Waals surface area contributed by atoms with Gasteiger partial charge in [0.05, 0.1) is 6.04 Å². The lowest BCUT2D eigenvalue weighted by atomic mass is 10.1. The monoisotopic (exact) mass is 274 g/mol. The maximum Gasteiger partial charge on any atom is 0.319 e. The van der Waals surface area contributed by atoms with Gasteiger partial charge in [-0.15, -0.1) is 0 Å². The first-order valence-electron chi connectivity index (χ1n) is 6.16. The van der Waals surface area contributed by atoms with Gasteiger partial charge < -0.3 is 15.7 Å². The zero-order valence-electron chi connectivity index (χ0n) is 10.9. The molecule has 1 atom stereocenters. The Bertz CT molecular complexity index is 582. The van der Waals surface area contributed by atoms with Crippen LogP contribution in [0.5, 0.6) is 5.75 Å². The third-order valence-corrected chi connectivity index (χ3v) is 2.84. The smallest absolute Gasteiger partial charge is 0.319 e. The van der Waals surface area contributed by atoms with E-state index in [4.69, 9.17) is 5.11 Å². The molecule has 3 N–H and O–H groups in total. The van der Waals surface area contributed by atoms with Crippen LogP contribution in [0.15, 0.2) is 48.5 Å². The number of phenolic OH excluding ortho intramolecular Hbond substituents is 1. The minimum atomic E-state index is -0.368. The Labute approximate surface area is 116 Å². The van der Waals surface area contributed by atoms with Crippen LogP contribution in [0.25, 0.3) is 0 Å². The average molecular weight is 274 g/mol. The Morgan fingerprint density at radius 1 is 1.10 bits per heavy atom. The van der Waals surface area contributed by atoms with Crippen molar-refractivity contribution in [2.24, 2.45) is 0 Å². The molecule has 104 valence electrons. The highest BCUT2D eigenvalue weighted by Gasteiger charge is 2.09. The van der Waals surface area contributed by atoms with Gasteiger partial charge in [0.25, 0.3) is 0 Å². The van der Waals surface area contributed by atoms with Crippen molar-refractivity contribution in [2.45, 2.75) is 13.0 Å². The molecule has 0 spiro atoms. The van der Waals surface area contributed by atoms with Crippen molar-refractivity contribution >= 4 is 11.7 Å². The van der Waals surface area contributed by atoms with Gasteiger partial charge in [-0.1, -0.05) is 12.1 Å². The van der Waals surface area contributed by atoms with Gasteiger partial charge in [-0.3, -0.25) is 0 Å². The van der Waals surface area contributed by atoms with Gasteiger partial charge >= 0.3 is 6.03 Å². The zero-order valence-corrected chi connectivity index (χ0v) is 10.9. The lowest BCUT2D eigenvalue weighted by Gasteiger charge is -2.15. The fraction of sp³-hybridized carbons (Fsp3) is 0.133. The van der Waals surface area contributed by atoms with Gasteiger partial charge in [-0.2, -0.15) is 0 Å². The lowest BCUT2D eigenvalue weighted by Crippen LogP contribution is -2.31. The third kappa shape index (κ3) is 3.71. The van der Waals surface area contributed by atoms with E-state index in [1.54, 1.807) is 24.3 Å². The van der Waals surface area contributed by atoms with Crippen molar-refractivity contribution < 1.29 is 14.3 Å². The van der Waals surface area contributed by atoms with Crippen LogP contribution < -0.4 is 10.6 Å². The van der Waals surface area contributed by atoms with Crippen LogP contribution in [0.4, 0.5) is 14.9 Å². The number of aromatic hydroxyl groups is 1. The molecule has 5 heteroatoms. The summed E-state index contributed by atoms with van der Waals surface area (Å²) in [6, 6.07) is 11.5. The highest BCUT2D eigenvalue weighted by atomic mass is 19.1. The Morgan fingerprint density at radius 3 is 2.30 bits per heavy atom. The number of urea groups is 1. The summed E-state index contributed by atoms with van der Waals surface area (Å²) in [5.41, 5.74) is 1.39. The van der Waals surface area contributed by atoms with Crippen LogP contribution in [0, 0.1) is 5.82 Å². The van der Waals surface area contributed by atoms with Crippen molar-refractivity contribution in [1.82, 2.24) is 5.32 Å². The van der Waals surface area contributed by atoms with E-state index in [9.17, 15) is 9.18 Å². The minimum Gasteiger partial charge on any atom is -0.508 e. The highest BCUT2D eigenvalue weighted by Crippen LogP contribution is 2.15. The molecular formula is C15H15FN2O2. The Kier molecular flexibility index (Phi) is 4.20. The number of carbonyl (C=O) groups is 1. The normalized spacial score (nSPS) is 11.7. The van der Waals surface area contributed by atoms with Crippen LogP contribution in [0.1, 0.15) is 18.5 Å². The first kappa shape index (κ1) is 13.9. The highest BCUT2D eigenvalue weighted by molar-refractivity contribution is 5.89. The number of nitrogens with one attached hydrogen (secondary N) is 2. The van der Waals surface area contributed by atoms with Crippen molar-refractivity contribution in [3.63, 3.8) is 0 Å². The summed E-state index contributed by atoms with van der Waals surface area (Å²) in [4.78, 5) is 11.8. The maximum atomic E-state index is 12.8. The number of amides is 2. The summed E-state index contributed by atoms with van der Waals surface area (Å²) in [7, 11) is 0. The molecule has 0 radical (unpaired) electrons. The molecule has 1 unspecified atom stereocenters. The largest absolute Gasteiger partial charge is 0.508 e. The van der Waals surface area contributed by atoms with Gasteiger partial charge in [0.1, 0.15) is 11.6 Å². The molecule has 2 amide bonds. The predicted molar refractivity (Wildman–Crippen MR) is 75.1 cm³/mol. The number of halogens is 1. The number of hydrogen-bond donors (Lipinski definition) is 3. The summed E-state index contributed by atoms with van der Waals surface area (Å²) in [6.45, 7) is 1.81. The number of rotatable bonds is 3. The second-order valence-electron chi connectivity index (χ2n) is 4.42. The first-order chi connectivity index (χ1) is 9.54. The van der Waals surface area contributed by atoms with E-state index in [2.05, 4.69) is 10.6 Å². The van der Waals surface area contributed by atoms with E-state index >= 15 is 0 Å². The molecule has 0 aliphatic rings. The fourth-order valence-electron chi connectivity index (χ4n) is 1.74. The molecule has 0 saturated carbocycles. The number of carbonyl (C=O) groups excluding carboxylic acids is 1. The van der Waals surface area contributed by atoms with Gasteiger partial charge in [0, 0.05) is 5.69 Å². The van der Waals surface area contributed by atoms with Gasteiger partial charge in [0.2, 0.25) is 0 Å². The number of benzene rings is 2. The van der Waals surface area contributed by atoms with Crippen molar-refractivity contribution in [2.75, 3.05) is 5.32 Å². The summed E-state index contributed by atoms with van der Waals surface area (Å²) in [6.07, 6.45) is 0. The van der Waals surface area contributed by atoms with Crippen LogP contribution in [-0.4, -0.2) is 11.1 Å². The van der Waals surface area contributed by atoms with E-state index in [1.807, 2.05) is 6.92 Å². The summed E-state index contributed by atoms with van der Waals surface area (Å²) < 4.78 is 12.8. The lowest BCUT2D eigenvalue weighted by molar-refractivity contribution is 0.249. The topological polar surface area (TPSA) is 61.4 Å². The maximum absolute atomic E-state index is 12.8. The second-order valence-corrected chi connectivity index (χ2v) is 4.42. The van der Waals surface area contributed by atoms with E-state index in [0.717, 1.165) is 5.56 Å². The van der Waals surface area contributed by atoms with Crippen molar-refractivity contribution in [3.8, 4) is 5.75 Å². The molecule has 0 saturated heterocycles. The van der Waals surface area contributed by atoms with E-state index < -0.39 is 0 Å². The molecule has 0 bridgehead atoms. The molecule has 0 fully saturated rings. The molecule has 2 rings (SSSR count). The summed E-state index contributed by atoms with van der Waals surface area (Å²) in [5.74, 6) is -0.176. The van der Waals surface area contributed by atoms with E-state index in [0.29, 0.717) is 5.69 Å². The van der Waals surface area contributed by atoms with Crippen LogP contribution in [0.3, 0.4) is 0 Å². The quantitative estimate of drug-likeness (QED) is 0.751. The average Bonchev–Trinajstić information content (AvgIpc) is 2.42. The number of anilines is 1.